The smallest absolute Gasteiger partial charge is 0.319 e. The van der Waals surface area contributed by atoms with E-state index in [0.29, 0.717) is 0 Å². The first-order valence-corrected chi connectivity index (χ1v) is 6.22. The third kappa shape index (κ3) is 2.61. The highest BCUT2D eigenvalue weighted by atomic mass is 32.2. The number of benzene rings is 2. The molecule has 0 heterocycles. The number of fused-ring (bicyclic) bond motifs is 1. The second kappa shape index (κ2) is 4.41. The van der Waals surface area contributed by atoms with E-state index in [1.165, 1.54) is 17.1 Å². The molecule has 0 atom stereocenters. The van der Waals surface area contributed by atoms with E-state index < -0.39 is 10.7 Å². The molecular weight excluding hydrogens is 232 g/mol. The monoisotopic (exact) mass is 246 g/mol. The summed E-state index contributed by atoms with van der Waals surface area (Å²) in [6, 6.07) is 14.1. The summed E-state index contributed by atoms with van der Waals surface area (Å²) in [6.45, 7) is 3.43. The molecule has 0 aliphatic carbocycles. The quantitative estimate of drug-likeness (QED) is 0.837. The molecule has 88 valence electrons. The summed E-state index contributed by atoms with van der Waals surface area (Å²) in [7, 11) is 0. The molecule has 0 fully saturated rings. The molecule has 2 nitrogen and oxygen atoms in total. The van der Waals surface area contributed by atoms with E-state index in [2.05, 4.69) is 0 Å². The van der Waals surface area contributed by atoms with Gasteiger partial charge in [-0.2, -0.15) is 0 Å². The van der Waals surface area contributed by atoms with Crippen molar-refractivity contribution < 1.29 is 9.90 Å². The molecule has 0 unspecified atom stereocenters. The molecule has 17 heavy (non-hydrogen) atoms. The molecular formula is C14H14O2S. The number of hydrogen-bond acceptors (Lipinski definition) is 2. The van der Waals surface area contributed by atoms with Gasteiger partial charge in [0.25, 0.3) is 0 Å². The SMILES string of the molecule is CC(C)(Sc1ccc2ccccc2c1)C(=O)O. The van der Waals surface area contributed by atoms with Crippen LogP contribution in [-0.4, -0.2) is 15.8 Å². The van der Waals surface area contributed by atoms with E-state index in [-0.39, 0.29) is 0 Å². The predicted molar refractivity (Wildman–Crippen MR) is 71.5 cm³/mol. The maximum absolute atomic E-state index is 11.1. The van der Waals surface area contributed by atoms with Crippen LogP contribution in [0.3, 0.4) is 0 Å². The lowest BCUT2D eigenvalue weighted by Gasteiger charge is -2.18. The van der Waals surface area contributed by atoms with Crippen LogP contribution in [-0.2, 0) is 4.79 Å². The molecule has 3 heteroatoms. The average molecular weight is 246 g/mol. The Bertz CT molecular complexity index is 561. The molecule has 2 rings (SSSR count). The van der Waals surface area contributed by atoms with Gasteiger partial charge in [-0.3, -0.25) is 4.79 Å². The topological polar surface area (TPSA) is 37.3 Å². The lowest BCUT2D eigenvalue weighted by Crippen LogP contribution is -2.26. The van der Waals surface area contributed by atoms with Gasteiger partial charge < -0.3 is 5.11 Å². The van der Waals surface area contributed by atoms with Gasteiger partial charge >= 0.3 is 5.97 Å². The Kier molecular flexibility index (Phi) is 3.11. The molecule has 0 radical (unpaired) electrons. The van der Waals surface area contributed by atoms with E-state index in [4.69, 9.17) is 5.11 Å². The standard InChI is InChI=1S/C14H14O2S/c1-14(2,13(15)16)17-12-8-7-10-5-3-4-6-11(10)9-12/h3-9H,1-2H3,(H,15,16). The first-order chi connectivity index (χ1) is 7.99. The first kappa shape index (κ1) is 12.0. The molecule has 0 aromatic heterocycles. The summed E-state index contributed by atoms with van der Waals surface area (Å²) in [4.78, 5) is 12.1. The van der Waals surface area contributed by atoms with Gasteiger partial charge in [-0.1, -0.05) is 30.3 Å². The van der Waals surface area contributed by atoms with Crippen LogP contribution in [0.25, 0.3) is 10.8 Å². The number of carboxylic acid groups (broad SMARTS) is 1. The molecule has 0 spiro atoms. The lowest BCUT2D eigenvalue weighted by molar-refractivity contribution is -0.138. The van der Waals surface area contributed by atoms with Gasteiger partial charge in [-0.15, -0.1) is 11.8 Å². The van der Waals surface area contributed by atoms with Gasteiger partial charge in [0.1, 0.15) is 4.75 Å². The summed E-state index contributed by atoms with van der Waals surface area (Å²) in [5, 5.41) is 11.4. The highest BCUT2D eigenvalue weighted by Crippen LogP contribution is 2.34. The number of carboxylic acids is 1. The van der Waals surface area contributed by atoms with Crippen molar-refractivity contribution >= 4 is 28.5 Å². The zero-order valence-corrected chi connectivity index (χ0v) is 10.6. The molecule has 0 amide bonds. The van der Waals surface area contributed by atoms with Crippen molar-refractivity contribution in [1.82, 2.24) is 0 Å². The minimum atomic E-state index is -0.803. The van der Waals surface area contributed by atoms with Gasteiger partial charge in [-0.25, -0.2) is 0 Å². The fourth-order valence-electron chi connectivity index (χ4n) is 1.57. The summed E-state index contributed by atoms with van der Waals surface area (Å²) >= 11 is 1.37. The van der Waals surface area contributed by atoms with Crippen molar-refractivity contribution in [2.75, 3.05) is 0 Å². The van der Waals surface area contributed by atoms with E-state index in [9.17, 15) is 4.79 Å². The Balaban J connectivity index is 2.34. The van der Waals surface area contributed by atoms with Gasteiger partial charge in [-0.05, 0) is 36.8 Å². The van der Waals surface area contributed by atoms with Crippen molar-refractivity contribution in [1.29, 1.82) is 0 Å². The largest absolute Gasteiger partial charge is 0.480 e. The third-order valence-electron chi connectivity index (χ3n) is 2.61. The van der Waals surface area contributed by atoms with Crippen LogP contribution >= 0.6 is 11.8 Å². The van der Waals surface area contributed by atoms with E-state index in [1.807, 2.05) is 42.5 Å². The van der Waals surface area contributed by atoms with Gasteiger partial charge in [0.15, 0.2) is 0 Å². The molecule has 1 N–H and O–H groups in total. The third-order valence-corrected chi connectivity index (χ3v) is 3.78. The fourth-order valence-corrected chi connectivity index (χ4v) is 2.57. The Labute approximate surface area is 105 Å². The average Bonchev–Trinajstić information content (AvgIpc) is 2.28. The first-order valence-electron chi connectivity index (χ1n) is 5.40. The lowest BCUT2D eigenvalue weighted by atomic mass is 10.1. The summed E-state index contributed by atoms with van der Waals surface area (Å²) in [6.07, 6.45) is 0. The maximum atomic E-state index is 11.1. The molecule has 0 saturated heterocycles. The second-order valence-electron chi connectivity index (χ2n) is 4.43. The maximum Gasteiger partial charge on any atom is 0.319 e. The van der Waals surface area contributed by atoms with E-state index in [0.717, 1.165) is 10.3 Å². The van der Waals surface area contributed by atoms with E-state index in [1.54, 1.807) is 13.8 Å². The van der Waals surface area contributed by atoms with Gasteiger partial charge in [0.2, 0.25) is 0 Å². The summed E-state index contributed by atoms with van der Waals surface area (Å²) < 4.78 is -0.803. The second-order valence-corrected chi connectivity index (χ2v) is 6.12. The van der Waals surface area contributed by atoms with Crippen molar-refractivity contribution in [2.24, 2.45) is 0 Å². The van der Waals surface area contributed by atoms with Crippen LogP contribution in [0.2, 0.25) is 0 Å². The minimum Gasteiger partial charge on any atom is -0.480 e. The number of aliphatic carboxylic acids is 1. The summed E-state index contributed by atoms with van der Waals surface area (Å²) in [5.74, 6) is -0.796. The molecule has 0 bridgehead atoms. The Morgan fingerprint density at radius 1 is 1.12 bits per heavy atom. The highest BCUT2D eigenvalue weighted by Gasteiger charge is 2.28. The number of thioether (sulfide) groups is 1. The van der Waals surface area contributed by atoms with Crippen molar-refractivity contribution in [2.45, 2.75) is 23.5 Å². The highest BCUT2D eigenvalue weighted by molar-refractivity contribution is 8.01. The van der Waals surface area contributed by atoms with Crippen molar-refractivity contribution in [3.05, 3.63) is 42.5 Å². The van der Waals surface area contributed by atoms with E-state index >= 15 is 0 Å². The normalized spacial score (nSPS) is 11.6. The van der Waals surface area contributed by atoms with Crippen LogP contribution in [0.1, 0.15) is 13.8 Å². The minimum absolute atomic E-state index is 0.796. The Morgan fingerprint density at radius 3 is 2.41 bits per heavy atom. The molecule has 2 aromatic rings. The zero-order chi connectivity index (χ0) is 12.5. The Hall–Kier alpha value is -1.48. The van der Waals surface area contributed by atoms with Crippen molar-refractivity contribution in [3.8, 4) is 0 Å². The van der Waals surface area contributed by atoms with Crippen LogP contribution < -0.4 is 0 Å². The fraction of sp³-hybridized carbons (Fsp3) is 0.214. The zero-order valence-electron chi connectivity index (χ0n) is 9.81. The van der Waals surface area contributed by atoms with Crippen LogP contribution in [0, 0.1) is 0 Å². The van der Waals surface area contributed by atoms with Gasteiger partial charge in [0.05, 0.1) is 0 Å². The molecule has 0 saturated carbocycles. The number of carbonyl (C=O) groups is 1. The Morgan fingerprint density at radius 2 is 1.76 bits per heavy atom. The van der Waals surface area contributed by atoms with Crippen molar-refractivity contribution in [3.63, 3.8) is 0 Å². The molecule has 0 aliphatic heterocycles. The number of rotatable bonds is 3. The van der Waals surface area contributed by atoms with Gasteiger partial charge in [0, 0.05) is 4.90 Å². The predicted octanol–water partition coefficient (Wildman–Crippen LogP) is 3.80. The van der Waals surface area contributed by atoms with Crippen LogP contribution in [0.4, 0.5) is 0 Å². The molecule has 0 aliphatic rings. The summed E-state index contributed by atoms with van der Waals surface area (Å²) in [5.41, 5.74) is 0. The molecule has 2 aromatic carbocycles. The van der Waals surface area contributed by atoms with Crippen LogP contribution in [0.5, 0.6) is 0 Å². The van der Waals surface area contributed by atoms with Crippen LogP contribution in [0.15, 0.2) is 47.4 Å². The number of hydrogen-bond donors (Lipinski definition) is 1.